The molecule has 0 saturated heterocycles. The van der Waals surface area contributed by atoms with Crippen molar-refractivity contribution in [2.45, 2.75) is 262 Å². The number of rotatable bonds is 42. The first-order valence-electron chi connectivity index (χ1n) is 24.5. The van der Waals surface area contributed by atoms with Crippen molar-refractivity contribution in [3.8, 4) is 0 Å². The van der Waals surface area contributed by atoms with Crippen molar-refractivity contribution in [3.05, 3.63) is 12.2 Å². The maximum atomic E-state index is 12.8. The number of aliphatic hydroxyl groups is 5. The number of hydrogen-bond acceptors (Lipinski definition) is 11. The van der Waals surface area contributed by atoms with Crippen LogP contribution in [0.25, 0.3) is 0 Å². The molecule has 0 spiro atoms. The first-order valence-corrected chi connectivity index (χ1v) is 26.0. The van der Waals surface area contributed by atoms with Gasteiger partial charge in [-0.1, -0.05) is 187 Å². The maximum absolute atomic E-state index is 12.8. The van der Waals surface area contributed by atoms with Crippen molar-refractivity contribution in [3.63, 3.8) is 0 Å². The van der Waals surface area contributed by atoms with E-state index in [4.69, 9.17) is 18.5 Å². The molecule has 1 fully saturated rings. The summed E-state index contributed by atoms with van der Waals surface area (Å²) in [5.74, 6) is -0.482. The summed E-state index contributed by atoms with van der Waals surface area (Å²) < 4.78 is 34.2. The SMILES string of the molecule is CCCCCC/C=C\CCCCCCCC(=O)OC(COCCCCCCCCCCCCCCCCCCCCCC)COP(=O)(O)OC1C(O)C(O)C(O)C(O)C1O. The Morgan fingerprint density at radius 1 is 0.517 bits per heavy atom. The largest absolute Gasteiger partial charge is 0.472 e. The first kappa shape index (κ1) is 57.1. The van der Waals surface area contributed by atoms with Gasteiger partial charge in [0.1, 0.15) is 42.7 Å². The van der Waals surface area contributed by atoms with Crippen LogP contribution in [-0.2, 0) is 27.9 Å². The molecule has 6 atom stereocenters. The Balaban J connectivity index is 2.33. The Labute approximate surface area is 365 Å². The van der Waals surface area contributed by atoms with Crippen molar-refractivity contribution < 1.29 is 58.3 Å². The highest BCUT2D eigenvalue weighted by atomic mass is 31.2. The summed E-state index contributed by atoms with van der Waals surface area (Å²) in [6.45, 7) is 4.27. The van der Waals surface area contributed by atoms with E-state index in [1.54, 1.807) is 0 Å². The second-order valence-corrected chi connectivity index (χ2v) is 18.7. The minimum atomic E-state index is -5.01. The van der Waals surface area contributed by atoms with Gasteiger partial charge >= 0.3 is 13.8 Å². The van der Waals surface area contributed by atoms with Gasteiger partial charge in [-0.2, -0.15) is 0 Å². The lowest BCUT2D eigenvalue weighted by Gasteiger charge is -2.41. The van der Waals surface area contributed by atoms with Crippen LogP contribution >= 0.6 is 7.82 Å². The normalized spacial score (nSPS) is 22.3. The maximum Gasteiger partial charge on any atom is 0.472 e. The Bertz CT molecular complexity index is 1050. The van der Waals surface area contributed by atoms with Crippen molar-refractivity contribution in [1.82, 2.24) is 0 Å². The molecule has 0 aromatic rings. The third-order valence-electron chi connectivity index (χ3n) is 11.6. The summed E-state index contributed by atoms with van der Waals surface area (Å²) in [6, 6.07) is 0. The lowest BCUT2D eigenvalue weighted by molar-refractivity contribution is -0.220. The Kier molecular flexibility index (Phi) is 36.7. The van der Waals surface area contributed by atoms with Crippen LogP contribution in [-0.4, -0.2) is 98.9 Å². The van der Waals surface area contributed by atoms with E-state index in [2.05, 4.69) is 26.0 Å². The zero-order chi connectivity index (χ0) is 44.1. The van der Waals surface area contributed by atoms with Gasteiger partial charge in [-0.05, 0) is 38.5 Å². The lowest BCUT2D eigenvalue weighted by atomic mass is 9.85. The van der Waals surface area contributed by atoms with Crippen molar-refractivity contribution in [2.24, 2.45) is 0 Å². The number of ether oxygens (including phenoxy) is 2. The van der Waals surface area contributed by atoms with E-state index in [9.17, 15) is 39.8 Å². The fourth-order valence-corrected chi connectivity index (χ4v) is 8.68. The van der Waals surface area contributed by atoms with E-state index < -0.39 is 63.1 Å². The number of esters is 1. The van der Waals surface area contributed by atoms with Gasteiger partial charge in [0.25, 0.3) is 0 Å². The van der Waals surface area contributed by atoms with E-state index in [-0.39, 0.29) is 13.0 Å². The number of allylic oxidation sites excluding steroid dienone is 2. The number of carbonyl (C=O) groups is 1. The molecule has 1 aliphatic carbocycles. The zero-order valence-corrected chi connectivity index (χ0v) is 38.9. The molecular weight excluding hydrogens is 787 g/mol. The third kappa shape index (κ3) is 30.2. The quantitative estimate of drug-likeness (QED) is 0.0147. The monoisotopic (exact) mass is 879 g/mol. The van der Waals surface area contributed by atoms with Crippen molar-refractivity contribution in [1.29, 1.82) is 0 Å². The fourth-order valence-electron chi connectivity index (χ4n) is 7.70. The number of hydrogen-bond donors (Lipinski definition) is 6. The second-order valence-electron chi connectivity index (χ2n) is 17.3. The van der Waals surface area contributed by atoms with Gasteiger partial charge in [0.15, 0.2) is 0 Å². The average molecular weight is 879 g/mol. The fraction of sp³-hybridized carbons (Fsp3) is 0.936. The molecule has 1 aliphatic rings. The highest BCUT2D eigenvalue weighted by molar-refractivity contribution is 7.47. The highest BCUT2D eigenvalue weighted by Crippen LogP contribution is 2.47. The molecule has 0 radical (unpaired) electrons. The number of phosphoric ester groups is 1. The van der Waals surface area contributed by atoms with Crippen LogP contribution in [0.2, 0.25) is 0 Å². The predicted molar refractivity (Wildman–Crippen MR) is 240 cm³/mol. The van der Waals surface area contributed by atoms with Gasteiger partial charge in [0, 0.05) is 13.0 Å². The lowest BCUT2D eigenvalue weighted by Crippen LogP contribution is -2.64. The Morgan fingerprint density at radius 2 is 0.883 bits per heavy atom. The van der Waals surface area contributed by atoms with E-state index in [1.807, 2.05) is 0 Å². The number of unbranched alkanes of at least 4 members (excludes halogenated alkanes) is 28. The number of carbonyl (C=O) groups excluding carboxylic acids is 1. The molecule has 0 aromatic heterocycles. The molecule has 60 heavy (non-hydrogen) atoms. The first-order chi connectivity index (χ1) is 29.0. The van der Waals surface area contributed by atoms with Crippen LogP contribution in [0.15, 0.2) is 12.2 Å². The molecule has 0 bridgehead atoms. The van der Waals surface area contributed by atoms with Gasteiger partial charge in [-0.15, -0.1) is 0 Å². The molecule has 0 aromatic carbocycles. The van der Waals surface area contributed by atoms with Crippen LogP contribution in [0.4, 0.5) is 0 Å². The minimum absolute atomic E-state index is 0.0741. The Hall–Kier alpha value is -0.920. The van der Waals surface area contributed by atoms with Gasteiger partial charge < -0.3 is 39.9 Å². The topological polar surface area (TPSA) is 192 Å². The summed E-state index contributed by atoms with van der Waals surface area (Å²) in [7, 11) is -5.01. The van der Waals surface area contributed by atoms with Crippen LogP contribution in [0.5, 0.6) is 0 Å². The zero-order valence-electron chi connectivity index (χ0n) is 38.0. The average Bonchev–Trinajstić information content (AvgIpc) is 3.23. The molecule has 6 N–H and O–H groups in total. The van der Waals surface area contributed by atoms with E-state index in [0.29, 0.717) is 13.0 Å². The van der Waals surface area contributed by atoms with Crippen molar-refractivity contribution in [2.75, 3.05) is 19.8 Å². The van der Waals surface area contributed by atoms with Crippen molar-refractivity contribution >= 4 is 13.8 Å². The molecule has 356 valence electrons. The Morgan fingerprint density at radius 3 is 1.33 bits per heavy atom. The molecular formula is C47H91O12P. The summed E-state index contributed by atoms with van der Waals surface area (Å²) >= 11 is 0. The molecule has 0 amide bonds. The third-order valence-corrected chi connectivity index (χ3v) is 12.6. The van der Waals surface area contributed by atoms with Gasteiger partial charge in [0.2, 0.25) is 0 Å². The van der Waals surface area contributed by atoms with Gasteiger partial charge in [-0.3, -0.25) is 13.8 Å². The standard InChI is InChI=1S/C47H91O12P/c1-3-5-7-9-11-13-15-17-18-19-20-21-22-23-25-27-29-31-33-35-37-56-38-40(39-57-60(54,55)59-47-45(52)43(50)42(49)44(51)46(47)53)58-41(48)36-34-32-30-28-26-24-16-14-12-10-8-6-4-2/h14,16,40,42-47,49-53H,3-13,15,17-39H2,1-2H3,(H,54,55)/b16-14-. The van der Waals surface area contributed by atoms with Crippen LogP contribution in [0.3, 0.4) is 0 Å². The molecule has 1 saturated carbocycles. The van der Waals surface area contributed by atoms with E-state index in [0.717, 1.165) is 57.8 Å². The van der Waals surface area contributed by atoms with Gasteiger partial charge in [0.05, 0.1) is 13.2 Å². The molecule has 0 heterocycles. The van der Waals surface area contributed by atoms with Crippen LogP contribution in [0.1, 0.15) is 219 Å². The van der Waals surface area contributed by atoms with Crippen LogP contribution < -0.4 is 0 Å². The molecule has 6 unspecified atom stereocenters. The number of aliphatic hydroxyl groups excluding tert-OH is 5. The summed E-state index contributed by atoms with van der Waals surface area (Å²) in [5.41, 5.74) is 0. The van der Waals surface area contributed by atoms with Gasteiger partial charge in [-0.25, -0.2) is 4.57 Å². The second kappa shape index (κ2) is 38.5. The molecule has 0 aliphatic heterocycles. The molecule has 12 nitrogen and oxygen atoms in total. The molecule has 1 rings (SSSR count). The number of phosphoric acid groups is 1. The highest BCUT2D eigenvalue weighted by Gasteiger charge is 2.51. The summed E-state index contributed by atoms with van der Waals surface area (Å²) in [6.07, 6.45) is 30.0. The molecule has 13 heteroatoms. The summed E-state index contributed by atoms with van der Waals surface area (Å²) in [4.78, 5) is 23.1. The minimum Gasteiger partial charge on any atom is -0.457 e. The van der Waals surface area contributed by atoms with E-state index in [1.165, 1.54) is 135 Å². The summed E-state index contributed by atoms with van der Waals surface area (Å²) in [5, 5.41) is 50.2. The van der Waals surface area contributed by atoms with Crippen LogP contribution in [0, 0.1) is 0 Å². The van der Waals surface area contributed by atoms with E-state index >= 15 is 0 Å². The smallest absolute Gasteiger partial charge is 0.457 e. The predicted octanol–water partition coefficient (Wildman–Crippen LogP) is 10.3.